The largest absolute Gasteiger partial charge is 0.462 e. The molecule has 0 fully saturated rings. The second kappa shape index (κ2) is 6.99. The summed E-state index contributed by atoms with van der Waals surface area (Å²) in [6.07, 6.45) is 2.67. The van der Waals surface area contributed by atoms with Gasteiger partial charge in [-0.25, -0.2) is 9.78 Å². The van der Waals surface area contributed by atoms with Gasteiger partial charge in [0, 0.05) is 12.2 Å². The molecule has 2 atom stereocenters. The fraction of sp³-hybridized carbons (Fsp3) is 0.571. The molecule has 2 unspecified atom stereocenters. The van der Waals surface area contributed by atoms with Gasteiger partial charge in [0.1, 0.15) is 5.82 Å². The lowest BCUT2D eigenvalue weighted by atomic mass is 10.0. The standard InChI is InChI=1S/C14H22N2O2/c1-5-10(3)11(4)16-13-8-7-12(9-15-13)14(17)18-6-2/h7-11H,5-6H2,1-4H3,(H,15,16). The van der Waals surface area contributed by atoms with Crippen molar-refractivity contribution in [3.63, 3.8) is 0 Å². The maximum atomic E-state index is 11.5. The minimum absolute atomic E-state index is 0.327. The Kier molecular flexibility index (Phi) is 5.62. The van der Waals surface area contributed by atoms with Gasteiger partial charge in [-0.05, 0) is 31.9 Å². The average Bonchev–Trinajstić information content (AvgIpc) is 2.38. The van der Waals surface area contributed by atoms with Crippen LogP contribution in [-0.4, -0.2) is 23.6 Å². The lowest BCUT2D eigenvalue weighted by Crippen LogP contribution is -2.23. The van der Waals surface area contributed by atoms with Crippen molar-refractivity contribution in [1.82, 2.24) is 4.98 Å². The predicted molar refractivity (Wildman–Crippen MR) is 72.7 cm³/mol. The molecule has 1 N–H and O–H groups in total. The Balaban J connectivity index is 2.63. The topological polar surface area (TPSA) is 51.2 Å². The fourth-order valence-electron chi connectivity index (χ4n) is 1.54. The van der Waals surface area contributed by atoms with Crippen LogP contribution in [0.15, 0.2) is 18.3 Å². The molecular weight excluding hydrogens is 228 g/mol. The van der Waals surface area contributed by atoms with E-state index in [-0.39, 0.29) is 5.97 Å². The van der Waals surface area contributed by atoms with Gasteiger partial charge < -0.3 is 10.1 Å². The van der Waals surface area contributed by atoms with E-state index < -0.39 is 0 Å². The molecule has 1 aromatic rings. The second-order valence-electron chi connectivity index (χ2n) is 4.47. The first kappa shape index (κ1) is 14.5. The molecular formula is C14H22N2O2. The Labute approximate surface area is 109 Å². The highest BCUT2D eigenvalue weighted by molar-refractivity contribution is 5.89. The summed E-state index contributed by atoms with van der Waals surface area (Å²) in [5, 5.41) is 3.33. The van der Waals surface area contributed by atoms with Gasteiger partial charge in [-0.3, -0.25) is 0 Å². The molecule has 4 heteroatoms. The molecule has 0 aromatic carbocycles. The number of aromatic nitrogens is 1. The van der Waals surface area contributed by atoms with E-state index in [1.165, 1.54) is 0 Å². The van der Waals surface area contributed by atoms with Crippen molar-refractivity contribution in [2.75, 3.05) is 11.9 Å². The van der Waals surface area contributed by atoms with Crippen LogP contribution in [0.3, 0.4) is 0 Å². The van der Waals surface area contributed by atoms with Gasteiger partial charge in [-0.2, -0.15) is 0 Å². The SMILES string of the molecule is CCOC(=O)c1ccc(NC(C)C(C)CC)nc1. The molecule has 4 nitrogen and oxygen atoms in total. The number of carbonyl (C=O) groups is 1. The van der Waals surface area contributed by atoms with Crippen LogP contribution in [0, 0.1) is 5.92 Å². The Morgan fingerprint density at radius 1 is 1.39 bits per heavy atom. The van der Waals surface area contributed by atoms with E-state index in [2.05, 4.69) is 31.1 Å². The van der Waals surface area contributed by atoms with E-state index in [0.29, 0.717) is 24.1 Å². The summed E-state index contributed by atoms with van der Waals surface area (Å²) in [4.78, 5) is 15.7. The normalized spacial score (nSPS) is 13.8. The first-order chi connectivity index (χ1) is 8.58. The monoisotopic (exact) mass is 250 g/mol. The van der Waals surface area contributed by atoms with Crippen LogP contribution >= 0.6 is 0 Å². The zero-order valence-electron chi connectivity index (χ0n) is 11.6. The Morgan fingerprint density at radius 2 is 2.11 bits per heavy atom. The number of nitrogens with zero attached hydrogens (tertiary/aromatic N) is 1. The van der Waals surface area contributed by atoms with Gasteiger partial charge >= 0.3 is 5.97 Å². The van der Waals surface area contributed by atoms with Gasteiger partial charge in [-0.15, -0.1) is 0 Å². The van der Waals surface area contributed by atoms with Crippen LogP contribution in [0.1, 0.15) is 44.5 Å². The molecule has 18 heavy (non-hydrogen) atoms. The number of anilines is 1. The second-order valence-corrected chi connectivity index (χ2v) is 4.47. The fourth-order valence-corrected chi connectivity index (χ4v) is 1.54. The lowest BCUT2D eigenvalue weighted by Gasteiger charge is -2.20. The molecule has 0 saturated carbocycles. The van der Waals surface area contributed by atoms with Crippen molar-refractivity contribution in [3.8, 4) is 0 Å². The minimum Gasteiger partial charge on any atom is -0.462 e. The molecule has 0 saturated heterocycles. The van der Waals surface area contributed by atoms with Crippen molar-refractivity contribution in [3.05, 3.63) is 23.9 Å². The molecule has 0 aliphatic heterocycles. The molecule has 0 bridgehead atoms. The average molecular weight is 250 g/mol. The Morgan fingerprint density at radius 3 is 2.61 bits per heavy atom. The summed E-state index contributed by atoms with van der Waals surface area (Å²) in [6.45, 7) is 8.67. The van der Waals surface area contributed by atoms with Crippen LogP contribution in [0.5, 0.6) is 0 Å². The molecule has 1 heterocycles. The molecule has 0 amide bonds. The summed E-state index contributed by atoms with van der Waals surface area (Å²) < 4.78 is 4.91. The number of hydrogen-bond acceptors (Lipinski definition) is 4. The Bertz CT molecular complexity index is 376. The van der Waals surface area contributed by atoms with Crippen molar-refractivity contribution in [1.29, 1.82) is 0 Å². The Hall–Kier alpha value is -1.58. The lowest BCUT2D eigenvalue weighted by molar-refractivity contribution is 0.0526. The van der Waals surface area contributed by atoms with Crippen LogP contribution < -0.4 is 5.32 Å². The van der Waals surface area contributed by atoms with Gasteiger partial charge in [-0.1, -0.05) is 20.3 Å². The molecule has 0 aliphatic carbocycles. The van der Waals surface area contributed by atoms with Gasteiger partial charge in [0.05, 0.1) is 12.2 Å². The minimum atomic E-state index is -0.327. The highest BCUT2D eigenvalue weighted by Crippen LogP contribution is 2.13. The van der Waals surface area contributed by atoms with Gasteiger partial charge in [0.2, 0.25) is 0 Å². The number of esters is 1. The first-order valence-electron chi connectivity index (χ1n) is 6.48. The van der Waals surface area contributed by atoms with Gasteiger partial charge in [0.25, 0.3) is 0 Å². The van der Waals surface area contributed by atoms with Crippen LogP contribution in [0.4, 0.5) is 5.82 Å². The van der Waals surface area contributed by atoms with Crippen LogP contribution in [-0.2, 0) is 4.74 Å². The maximum Gasteiger partial charge on any atom is 0.339 e. The third-order valence-corrected chi connectivity index (χ3v) is 3.15. The molecule has 100 valence electrons. The molecule has 1 rings (SSSR count). The molecule has 0 spiro atoms. The highest BCUT2D eigenvalue weighted by Gasteiger charge is 2.11. The third kappa shape index (κ3) is 4.02. The third-order valence-electron chi connectivity index (χ3n) is 3.15. The van der Waals surface area contributed by atoms with E-state index in [9.17, 15) is 4.79 Å². The molecule has 1 aromatic heterocycles. The first-order valence-corrected chi connectivity index (χ1v) is 6.48. The quantitative estimate of drug-likeness (QED) is 0.788. The smallest absolute Gasteiger partial charge is 0.339 e. The molecule has 0 radical (unpaired) electrons. The van der Waals surface area contributed by atoms with E-state index in [4.69, 9.17) is 4.74 Å². The number of carbonyl (C=O) groups excluding carboxylic acids is 1. The van der Waals surface area contributed by atoms with Crippen molar-refractivity contribution in [2.45, 2.75) is 40.2 Å². The molecule has 0 aliphatic rings. The summed E-state index contributed by atoms with van der Waals surface area (Å²) in [6, 6.07) is 3.90. The highest BCUT2D eigenvalue weighted by atomic mass is 16.5. The van der Waals surface area contributed by atoms with Crippen molar-refractivity contribution < 1.29 is 9.53 Å². The van der Waals surface area contributed by atoms with Crippen LogP contribution in [0.25, 0.3) is 0 Å². The number of hydrogen-bond donors (Lipinski definition) is 1. The summed E-state index contributed by atoms with van der Waals surface area (Å²) >= 11 is 0. The van der Waals surface area contributed by atoms with Crippen LogP contribution in [0.2, 0.25) is 0 Å². The van der Waals surface area contributed by atoms with Crippen molar-refractivity contribution >= 4 is 11.8 Å². The summed E-state index contributed by atoms with van der Waals surface area (Å²) in [5.74, 6) is 1.04. The van der Waals surface area contributed by atoms with Gasteiger partial charge in [0.15, 0.2) is 0 Å². The van der Waals surface area contributed by atoms with E-state index in [1.807, 2.05) is 6.07 Å². The van der Waals surface area contributed by atoms with E-state index in [0.717, 1.165) is 12.2 Å². The summed E-state index contributed by atoms with van der Waals surface area (Å²) in [7, 11) is 0. The maximum absolute atomic E-state index is 11.5. The van der Waals surface area contributed by atoms with E-state index >= 15 is 0 Å². The van der Waals surface area contributed by atoms with Crippen molar-refractivity contribution in [2.24, 2.45) is 5.92 Å². The summed E-state index contributed by atoms with van der Waals surface area (Å²) in [5.41, 5.74) is 0.485. The number of rotatable bonds is 6. The van der Waals surface area contributed by atoms with E-state index in [1.54, 1.807) is 19.2 Å². The zero-order valence-corrected chi connectivity index (χ0v) is 11.6. The number of pyridine rings is 1. The predicted octanol–water partition coefficient (Wildman–Crippen LogP) is 3.10. The zero-order chi connectivity index (χ0) is 13.5. The number of nitrogens with one attached hydrogen (secondary N) is 1. The number of ether oxygens (including phenoxy) is 1.